The van der Waals surface area contributed by atoms with Crippen molar-refractivity contribution >= 4 is 62.9 Å². The van der Waals surface area contributed by atoms with E-state index in [4.69, 9.17) is 9.47 Å². The molecule has 44 heavy (non-hydrogen) atoms. The van der Waals surface area contributed by atoms with Crippen LogP contribution in [0.25, 0.3) is 0 Å². The van der Waals surface area contributed by atoms with E-state index in [1.807, 2.05) is 97.1 Å². The smallest absolute Gasteiger partial charge is 0.355 e. The molecule has 10 heteroatoms. The minimum absolute atomic E-state index is 0.124. The number of amides is 2. The first-order chi connectivity index (χ1) is 21.4. The Bertz CT molecular complexity index is 1600. The summed E-state index contributed by atoms with van der Waals surface area (Å²) in [5.74, 6) is -1.25. The number of thioether (sulfide) groups is 1. The summed E-state index contributed by atoms with van der Waals surface area (Å²) in [5.41, 5.74) is 0.124. The molecule has 4 aromatic carbocycles. The highest BCUT2D eigenvalue weighted by Crippen LogP contribution is 2.49. The molecule has 224 valence electrons. The lowest BCUT2D eigenvalue weighted by atomic mass is 10.1. The van der Waals surface area contributed by atoms with Crippen molar-refractivity contribution in [2.24, 2.45) is 0 Å². The minimum Gasteiger partial charge on any atom is -0.484 e. The zero-order valence-electron chi connectivity index (χ0n) is 24.2. The predicted octanol–water partition coefficient (Wildman–Crippen LogP) is 3.30. The molecule has 0 bridgehead atoms. The Morgan fingerprint density at radius 3 is 1.66 bits per heavy atom. The molecule has 5 rings (SSSR count). The molecular weight excluding hydrogens is 595 g/mol. The third-order valence-electron chi connectivity index (χ3n) is 7.10. The van der Waals surface area contributed by atoms with Crippen molar-refractivity contribution in [3.05, 3.63) is 121 Å². The maximum atomic E-state index is 14.1. The van der Waals surface area contributed by atoms with Crippen molar-refractivity contribution in [1.29, 1.82) is 0 Å². The number of rotatable bonds is 10. The van der Waals surface area contributed by atoms with Crippen LogP contribution >= 0.6 is 18.6 Å². The van der Waals surface area contributed by atoms with Crippen molar-refractivity contribution in [2.45, 2.75) is 18.3 Å². The molecule has 0 aromatic heterocycles. The molecule has 1 N–H and O–H groups in total. The highest BCUT2D eigenvalue weighted by molar-refractivity contribution is 8.14. The molecule has 8 nitrogen and oxygen atoms in total. The Labute approximate surface area is 260 Å². The average molecular weight is 627 g/mol. The Morgan fingerprint density at radius 2 is 1.23 bits per heavy atom. The van der Waals surface area contributed by atoms with Gasteiger partial charge in [0.05, 0.1) is 7.11 Å². The zero-order valence-corrected chi connectivity index (χ0v) is 25.9. The van der Waals surface area contributed by atoms with E-state index in [0.717, 1.165) is 27.7 Å². The monoisotopic (exact) mass is 626 g/mol. The lowest BCUT2D eigenvalue weighted by Crippen LogP contribution is -2.72. The number of nitrogens with zero attached hydrogens (tertiary/aromatic N) is 1. The fourth-order valence-electron chi connectivity index (χ4n) is 5.25. The first-order valence-corrected chi connectivity index (χ1v) is 16.5. The molecular formula is C34H31N2O6PS. The number of nitrogens with one attached hydrogen (secondary N) is 1. The van der Waals surface area contributed by atoms with E-state index in [-0.39, 0.29) is 17.1 Å². The van der Waals surface area contributed by atoms with Gasteiger partial charge < -0.3 is 14.8 Å². The molecule has 0 aliphatic carbocycles. The largest absolute Gasteiger partial charge is 0.484 e. The summed E-state index contributed by atoms with van der Waals surface area (Å²) in [6, 6.07) is 36.4. The van der Waals surface area contributed by atoms with Crippen LogP contribution in [0.1, 0.15) is 6.92 Å². The second kappa shape index (κ2) is 13.8. The lowest BCUT2D eigenvalue weighted by molar-refractivity contribution is -0.145. The fourth-order valence-corrected chi connectivity index (χ4v) is 10.7. The van der Waals surface area contributed by atoms with Crippen molar-refractivity contribution in [3.63, 3.8) is 0 Å². The Kier molecular flexibility index (Phi) is 9.68. The molecule has 1 aliphatic rings. The van der Waals surface area contributed by atoms with Gasteiger partial charge >= 0.3 is 5.97 Å². The van der Waals surface area contributed by atoms with Crippen LogP contribution in [0.5, 0.6) is 5.75 Å². The number of methoxy groups -OCH3 is 1. The summed E-state index contributed by atoms with van der Waals surface area (Å²) in [6.07, 6.45) is 0. The highest BCUT2D eigenvalue weighted by Gasteiger charge is 2.55. The number of hydrogen-bond donors (Lipinski definition) is 1. The van der Waals surface area contributed by atoms with Crippen LogP contribution in [-0.4, -0.2) is 58.3 Å². The summed E-state index contributed by atoms with van der Waals surface area (Å²) in [5, 5.41) is 4.01. The third-order valence-corrected chi connectivity index (χ3v) is 12.4. The molecule has 0 saturated carbocycles. The van der Waals surface area contributed by atoms with Gasteiger partial charge in [-0.15, -0.1) is 0 Å². The molecule has 0 radical (unpaired) electrons. The van der Waals surface area contributed by atoms with Crippen LogP contribution < -0.4 is 26.0 Å². The second-order valence-corrected chi connectivity index (χ2v) is 14.5. The van der Waals surface area contributed by atoms with Crippen LogP contribution in [0, 0.1) is 0 Å². The van der Waals surface area contributed by atoms with Crippen LogP contribution in [-0.2, 0) is 23.9 Å². The van der Waals surface area contributed by atoms with E-state index in [0.29, 0.717) is 5.75 Å². The van der Waals surface area contributed by atoms with E-state index in [9.17, 15) is 19.2 Å². The summed E-state index contributed by atoms with van der Waals surface area (Å²) >= 11 is 0.875. The number of ether oxygens (including phenoxy) is 2. The van der Waals surface area contributed by atoms with E-state index in [2.05, 4.69) is 5.32 Å². The van der Waals surface area contributed by atoms with Gasteiger partial charge in [0.1, 0.15) is 22.6 Å². The lowest BCUT2D eigenvalue weighted by Gasteiger charge is -2.48. The Hall–Kier alpha value is -4.59. The van der Waals surface area contributed by atoms with Gasteiger partial charge in [0.25, 0.3) is 11.8 Å². The number of para-hydroxylation sites is 1. The van der Waals surface area contributed by atoms with Crippen LogP contribution in [0.15, 0.2) is 121 Å². The van der Waals surface area contributed by atoms with Crippen LogP contribution in [0.4, 0.5) is 0 Å². The zero-order chi connectivity index (χ0) is 31.1. The Morgan fingerprint density at radius 1 is 0.773 bits per heavy atom. The van der Waals surface area contributed by atoms with Gasteiger partial charge in [-0.05, 0) is 28.0 Å². The van der Waals surface area contributed by atoms with Crippen molar-refractivity contribution in [3.8, 4) is 5.75 Å². The van der Waals surface area contributed by atoms with Gasteiger partial charge in [-0.3, -0.25) is 19.3 Å². The van der Waals surface area contributed by atoms with Crippen molar-refractivity contribution < 1.29 is 28.7 Å². The summed E-state index contributed by atoms with van der Waals surface area (Å²) in [4.78, 5) is 55.0. The molecule has 2 atom stereocenters. The summed E-state index contributed by atoms with van der Waals surface area (Å²) < 4.78 is 11.0. The number of likely N-dealkylation sites (tertiary alicyclic amines) is 1. The molecule has 4 aromatic rings. The van der Waals surface area contributed by atoms with Gasteiger partial charge in [-0.1, -0.05) is 121 Å². The summed E-state index contributed by atoms with van der Waals surface area (Å²) in [7, 11) is 1.27. The number of hydrogen-bond acceptors (Lipinski definition) is 7. The molecule has 2 amide bonds. The third kappa shape index (κ3) is 6.07. The van der Waals surface area contributed by atoms with Gasteiger partial charge in [0.2, 0.25) is 0 Å². The fraction of sp³-hybridized carbons (Fsp3) is 0.147. The van der Waals surface area contributed by atoms with E-state index < -0.39 is 36.1 Å². The molecule has 1 heterocycles. The average Bonchev–Trinajstić information content (AvgIpc) is 3.07. The predicted molar refractivity (Wildman–Crippen MR) is 175 cm³/mol. The van der Waals surface area contributed by atoms with Gasteiger partial charge in [-0.25, -0.2) is 4.79 Å². The first kappa shape index (κ1) is 30.9. The number of esters is 1. The molecule has 0 unspecified atom stereocenters. The van der Waals surface area contributed by atoms with Gasteiger partial charge in [-0.2, -0.15) is 0 Å². The molecule has 1 fully saturated rings. The SMILES string of the molecule is COC(=O)C(N1C(=O)[C@H](NC(=O)COc2ccccc2)[C@@H]1SC(C)=O)=P(c1ccccc1)(c1ccccc1)c1ccccc1. The molecule has 1 saturated heterocycles. The number of β-lactam (4-membered cyclic amide) rings is 1. The number of benzene rings is 4. The van der Waals surface area contributed by atoms with E-state index in [1.165, 1.54) is 18.9 Å². The van der Waals surface area contributed by atoms with Crippen LogP contribution in [0.2, 0.25) is 0 Å². The maximum Gasteiger partial charge on any atom is 0.355 e. The normalized spacial score (nSPS) is 16.0. The second-order valence-electron chi connectivity index (χ2n) is 9.85. The summed E-state index contributed by atoms with van der Waals surface area (Å²) in [6.45, 7) is -2.05. The van der Waals surface area contributed by atoms with E-state index in [1.54, 1.807) is 24.3 Å². The molecule has 0 spiro atoms. The Balaban J connectivity index is 1.69. The number of carbonyl (C=O) groups excluding carboxylic acids is 4. The minimum atomic E-state index is -3.10. The van der Waals surface area contributed by atoms with Crippen molar-refractivity contribution in [1.82, 2.24) is 10.2 Å². The quantitative estimate of drug-likeness (QED) is 0.164. The van der Waals surface area contributed by atoms with Crippen molar-refractivity contribution in [2.75, 3.05) is 13.7 Å². The number of carbonyl (C=O) groups is 4. The van der Waals surface area contributed by atoms with Crippen LogP contribution in [0.3, 0.4) is 0 Å². The van der Waals surface area contributed by atoms with Gasteiger partial charge in [0, 0.05) is 13.8 Å². The van der Waals surface area contributed by atoms with E-state index >= 15 is 0 Å². The van der Waals surface area contributed by atoms with Gasteiger partial charge in [0.15, 0.2) is 11.7 Å². The topological polar surface area (TPSA) is 102 Å². The molecule has 1 aliphatic heterocycles. The first-order valence-electron chi connectivity index (χ1n) is 13.9. The standard InChI is InChI=1S/C34H31N2O6PS/c1-24(37)44-33-30(35-29(38)23-42-25-15-7-3-8-16-25)31(39)36(33)32(34(40)41-2)43(26-17-9-4-10-18-26,27-19-11-5-12-20-27)28-21-13-6-14-22-28/h3-22,30,33H,23H2,1-2H3,(H,35,38)/t30-,33-/m0/s1. The highest BCUT2D eigenvalue weighted by atomic mass is 32.2. The maximum absolute atomic E-state index is 14.1.